The maximum Gasteiger partial charge on any atom is 0.0556 e. The van der Waals surface area contributed by atoms with Crippen molar-refractivity contribution in [3.63, 3.8) is 0 Å². The van der Waals surface area contributed by atoms with Gasteiger partial charge in [-0.15, -0.1) is 0 Å². The highest BCUT2D eigenvalue weighted by atomic mass is 16.3. The Labute approximate surface area is 239 Å². The average Bonchev–Trinajstić information content (AvgIpc) is 3.02. The number of hydrogen-bond donors (Lipinski definition) is 2. The molecule has 200 valence electrons. The summed E-state index contributed by atoms with van der Waals surface area (Å²) in [5.41, 5.74) is 2.66. The van der Waals surface area contributed by atoms with E-state index in [-0.39, 0.29) is 24.5 Å². The predicted molar refractivity (Wildman–Crippen MR) is 176 cm³/mol. The maximum absolute atomic E-state index is 9.80. The fourth-order valence-corrected chi connectivity index (χ4v) is 7.51. The molecule has 0 aliphatic rings. The monoisotopic (exact) mass is 531 g/mol. The van der Waals surface area contributed by atoms with Gasteiger partial charge in [0.15, 0.2) is 0 Å². The van der Waals surface area contributed by atoms with E-state index >= 15 is 0 Å². The molecule has 0 saturated heterocycles. The molecule has 8 aromatic carbocycles. The van der Waals surface area contributed by atoms with E-state index in [0.29, 0.717) is 6.54 Å². The molecule has 0 saturated carbocycles. The number of benzene rings is 8. The van der Waals surface area contributed by atoms with Crippen LogP contribution in [0, 0.1) is 0 Å². The van der Waals surface area contributed by atoms with Gasteiger partial charge >= 0.3 is 0 Å². The van der Waals surface area contributed by atoms with Gasteiger partial charge in [0.1, 0.15) is 0 Å². The Morgan fingerprint density at radius 3 is 1.15 bits per heavy atom. The van der Waals surface area contributed by atoms with Crippen molar-refractivity contribution in [3.8, 4) is 0 Å². The van der Waals surface area contributed by atoms with Crippen LogP contribution in [0.1, 0.15) is 36.8 Å². The zero-order valence-electron chi connectivity index (χ0n) is 23.5. The molecule has 2 N–H and O–H groups in total. The van der Waals surface area contributed by atoms with Crippen molar-refractivity contribution in [2.75, 3.05) is 13.2 Å². The van der Waals surface area contributed by atoms with E-state index in [9.17, 15) is 5.11 Å². The van der Waals surface area contributed by atoms with E-state index in [2.05, 4.69) is 128 Å². The largest absolute Gasteiger partial charge is 0.395 e. The van der Waals surface area contributed by atoms with Gasteiger partial charge < -0.3 is 10.4 Å². The second-order valence-corrected chi connectivity index (χ2v) is 11.9. The second-order valence-electron chi connectivity index (χ2n) is 11.9. The summed E-state index contributed by atoms with van der Waals surface area (Å²) in [5, 5.41) is 29.3. The highest BCUT2D eigenvalue weighted by molar-refractivity contribution is 6.24. The number of rotatable bonds is 7. The molecule has 0 radical (unpaired) electrons. The lowest BCUT2D eigenvalue weighted by Crippen LogP contribution is -2.39. The highest BCUT2D eigenvalue weighted by Crippen LogP contribution is 2.40. The minimum absolute atomic E-state index is 0.122. The van der Waals surface area contributed by atoms with Crippen LogP contribution in [0.3, 0.4) is 0 Å². The highest BCUT2D eigenvalue weighted by Gasteiger charge is 2.27. The van der Waals surface area contributed by atoms with E-state index in [0.717, 1.165) is 0 Å². The van der Waals surface area contributed by atoms with Gasteiger partial charge in [0.2, 0.25) is 0 Å². The maximum atomic E-state index is 9.80. The van der Waals surface area contributed by atoms with Crippen LogP contribution >= 0.6 is 0 Å². The Bertz CT molecular complexity index is 1910. The summed E-state index contributed by atoms with van der Waals surface area (Å²) in [6.07, 6.45) is 0. The lowest BCUT2D eigenvalue weighted by Gasteiger charge is -2.32. The van der Waals surface area contributed by atoms with Crippen LogP contribution in [0.15, 0.2) is 109 Å². The Morgan fingerprint density at radius 1 is 0.488 bits per heavy atom. The molecular formula is C39H33NO. The molecule has 8 aromatic rings. The van der Waals surface area contributed by atoms with Crippen molar-refractivity contribution in [3.05, 3.63) is 120 Å². The van der Waals surface area contributed by atoms with E-state index in [4.69, 9.17) is 0 Å². The van der Waals surface area contributed by atoms with E-state index in [1.165, 1.54) is 75.8 Å². The minimum atomic E-state index is 0.122. The zero-order valence-corrected chi connectivity index (χ0v) is 23.5. The van der Waals surface area contributed by atoms with Gasteiger partial charge in [-0.25, -0.2) is 0 Å². The third-order valence-electron chi connectivity index (χ3n) is 9.59. The summed E-state index contributed by atoms with van der Waals surface area (Å²) in [6.45, 7) is 5.37. The van der Waals surface area contributed by atoms with Crippen LogP contribution in [0.2, 0.25) is 0 Å². The quantitative estimate of drug-likeness (QED) is 0.201. The second kappa shape index (κ2) is 9.41. The third kappa shape index (κ3) is 3.79. The smallest absolute Gasteiger partial charge is 0.0556 e. The van der Waals surface area contributed by atoms with Crippen molar-refractivity contribution in [1.82, 2.24) is 5.32 Å². The normalized spacial score (nSPS) is 14.7. The fraction of sp³-hybridized carbons (Fsp3) is 0.179. The number of aliphatic hydroxyl groups excluding tert-OH is 1. The topological polar surface area (TPSA) is 32.3 Å². The summed E-state index contributed by atoms with van der Waals surface area (Å²) in [4.78, 5) is 0. The van der Waals surface area contributed by atoms with Crippen LogP contribution in [0.4, 0.5) is 0 Å². The molecule has 0 spiro atoms. The minimum Gasteiger partial charge on any atom is -0.395 e. The molecule has 0 aromatic heterocycles. The first kappa shape index (κ1) is 24.5. The number of hydrogen-bond acceptors (Lipinski definition) is 2. The zero-order chi connectivity index (χ0) is 27.7. The standard InChI is InChI=1S/C39H33NO/c1-23(33-19-29-13-9-25-5-3-6-26-10-14-30(20-33)37(29)35(25)26)39(40-17-18-41)24(2)34-21-31-15-11-27-7-4-8-28-12-16-32(22-34)38(31)36(27)28/h3-16,19-24,39-41H,17-18H2,1-2H3/t23-,24+,39?. The van der Waals surface area contributed by atoms with Crippen molar-refractivity contribution < 1.29 is 5.11 Å². The first-order valence-corrected chi connectivity index (χ1v) is 14.8. The molecule has 8 rings (SSSR count). The van der Waals surface area contributed by atoms with Crippen molar-refractivity contribution in [2.24, 2.45) is 0 Å². The lowest BCUT2D eigenvalue weighted by molar-refractivity contribution is 0.273. The van der Waals surface area contributed by atoms with Crippen LogP contribution in [0.5, 0.6) is 0 Å². The average molecular weight is 532 g/mol. The molecule has 0 aliphatic heterocycles. The van der Waals surface area contributed by atoms with Gasteiger partial charge in [-0.3, -0.25) is 0 Å². The summed E-state index contributed by atoms with van der Waals surface area (Å²) in [6, 6.07) is 41.0. The summed E-state index contributed by atoms with van der Waals surface area (Å²) >= 11 is 0. The predicted octanol–water partition coefficient (Wildman–Crippen LogP) is 9.34. The number of nitrogens with one attached hydrogen (secondary N) is 1. The molecule has 3 atom stereocenters. The first-order chi connectivity index (χ1) is 20.1. The van der Waals surface area contributed by atoms with Crippen molar-refractivity contribution >= 4 is 64.6 Å². The molecule has 0 fully saturated rings. The SMILES string of the molecule is C[C@H](c1cc2ccc3cccc4ccc(c1)c2c34)C(NCCO)[C@@H](C)c1cc2ccc3cccc4ccc(c1)c2c34. The molecule has 2 heteroatoms. The van der Waals surface area contributed by atoms with E-state index in [1.54, 1.807) is 0 Å². The lowest BCUT2D eigenvalue weighted by atomic mass is 9.79. The molecule has 0 aliphatic carbocycles. The molecule has 1 unspecified atom stereocenters. The van der Waals surface area contributed by atoms with Gasteiger partial charge in [0.25, 0.3) is 0 Å². The van der Waals surface area contributed by atoms with Gasteiger partial charge in [0.05, 0.1) is 6.61 Å². The Hall–Kier alpha value is -4.24. The van der Waals surface area contributed by atoms with Gasteiger partial charge in [-0.1, -0.05) is 123 Å². The Balaban J connectivity index is 1.23. The van der Waals surface area contributed by atoms with Crippen LogP contribution < -0.4 is 5.32 Å². The van der Waals surface area contributed by atoms with Crippen molar-refractivity contribution in [2.45, 2.75) is 31.7 Å². The molecule has 41 heavy (non-hydrogen) atoms. The van der Waals surface area contributed by atoms with Gasteiger partial charge in [-0.05, 0) is 87.6 Å². The van der Waals surface area contributed by atoms with Gasteiger partial charge in [-0.2, -0.15) is 0 Å². The van der Waals surface area contributed by atoms with Crippen LogP contribution in [0.25, 0.3) is 64.6 Å². The van der Waals surface area contributed by atoms with Crippen LogP contribution in [-0.4, -0.2) is 24.3 Å². The number of aliphatic hydroxyl groups is 1. The summed E-state index contributed by atoms with van der Waals surface area (Å²) < 4.78 is 0. The third-order valence-corrected chi connectivity index (χ3v) is 9.59. The van der Waals surface area contributed by atoms with Crippen molar-refractivity contribution in [1.29, 1.82) is 0 Å². The van der Waals surface area contributed by atoms with Gasteiger partial charge in [0, 0.05) is 12.6 Å². The fourth-order valence-electron chi connectivity index (χ4n) is 7.51. The van der Waals surface area contributed by atoms with E-state index in [1.807, 2.05) is 0 Å². The first-order valence-electron chi connectivity index (χ1n) is 14.8. The Morgan fingerprint density at radius 2 is 0.805 bits per heavy atom. The molecule has 2 nitrogen and oxygen atoms in total. The molecule has 0 amide bonds. The molecule has 0 heterocycles. The molecular weight excluding hydrogens is 498 g/mol. The molecule has 0 bridgehead atoms. The summed E-state index contributed by atoms with van der Waals surface area (Å²) in [5.74, 6) is 0.480. The van der Waals surface area contributed by atoms with E-state index < -0.39 is 0 Å². The Kier molecular flexibility index (Phi) is 5.63. The van der Waals surface area contributed by atoms with Crippen LogP contribution in [-0.2, 0) is 0 Å². The summed E-state index contributed by atoms with van der Waals surface area (Å²) in [7, 11) is 0.